The first-order valence-electron chi connectivity index (χ1n) is 9.29. The van der Waals surface area contributed by atoms with Gasteiger partial charge in [-0.3, -0.25) is 9.59 Å². The third-order valence-electron chi connectivity index (χ3n) is 5.15. The smallest absolute Gasteiger partial charge is 0.255 e. The van der Waals surface area contributed by atoms with Crippen molar-refractivity contribution in [2.45, 2.75) is 27.2 Å². The number of aromatic nitrogens is 2. The Morgan fingerprint density at radius 1 is 1.07 bits per heavy atom. The zero-order chi connectivity index (χ0) is 19.8. The number of nitrogens with zero attached hydrogens (tertiary/aromatic N) is 3. The molecule has 1 aliphatic heterocycles. The van der Waals surface area contributed by atoms with E-state index in [1.165, 1.54) is 0 Å². The van der Waals surface area contributed by atoms with Crippen molar-refractivity contribution in [2.75, 3.05) is 16.8 Å². The Labute approximate surface area is 163 Å². The summed E-state index contributed by atoms with van der Waals surface area (Å²) in [5, 5.41) is 7.58. The number of benzene rings is 2. The topological polar surface area (TPSA) is 67.2 Å². The number of anilines is 2. The molecule has 6 nitrogen and oxygen atoms in total. The highest BCUT2D eigenvalue weighted by atomic mass is 16.2. The van der Waals surface area contributed by atoms with Crippen molar-refractivity contribution in [3.8, 4) is 5.69 Å². The predicted molar refractivity (Wildman–Crippen MR) is 109 cm³/mol. The fraction of sp³-hybridized carbons (Fsp3) is 0.227. The minimum absolute atomic E-state index is 0.0236. The molecule has 2 aromatic carbocycles. The Morgan fingerprint density at radius 2 is 1.82 bits per heavy atom. The fourth-order valence-corrected chi connectivity index (χ4v) is 3.70. The largest absolute Gasteiger partial charge is 0.319 e. The van der Waals surface area contributed by atoms with Crippen LogP contribution in [0.25, 0.3) is 5.69 Å². The van der Waals surface area contributed by atoms with Crippen molar-refractivity contribution in [1.82, 2.24) is 9.78 Å². The quantitative estimate of drug-likeness (QED) is 0.761. The summed E-state index contributed by atoms with van der Waals surface area (Å²) < 4.78 is 1.83. The van der Waals surface area contributed by atoms with Crippen molar-refractivity contribution in [2.24, 2.45) is 0 Å². The Morgan fingerprint density at radius 3 is 2.54 bits per heavy atom. The third-order valence-corrected chi connectivity index (χ3v) is 5.15. The number of aryl methyl sites for hydroxylation is 1. The van der Waals surface area contributed by atoms with Crippen molar-refractivity contribution >= 4 is 23.2 Å². The monoisotopic (exact) mass is 374 g/mol. The van der Waals surface area contributed by atoms with Crippen LogP contribution in [-0.4, -0.2) is 28.1 Å². The van der Waals surface area contributed by atoms with Crippen LogP contribution in [0.4, 0.5) is 11.4 Å². The summed E-state index contributed by atoms with van der Waals surface area (Å²) in [5.74, 6) is -0.154. The number of nitrogens with one attached hydrogen (secondary N) is 1. The van der Waals surface area contributed by atoms with Gasteiger partial charge < -0.3 is 10.2 Å². The van der Waals surface area contributed by atoms with Gasteiger partial charge in [-0.1, -0.05) is 18.2 Å². The zero-order valence-electron chi connectivity index (χ0n) is 16.2. The molecule has 0 bridgehead atoms. The third kappa shape index (κ3) is 3.07. The lowest BCUT2D eigenvalue weighted by Crippen LogP contribution is -2.25. The average Bonchev–Trinajstić information content (AvgIpc) is 3.24. The molecule has 28 heavy (non-hydrogen) atoms. The van der Waals surface area contributed by atoms with Crippen molar-refractivity contribution in [1.29, 1.82) is 0 Å². The van der Waals surface area contributed by atoms with Gasteiger partial charge in [0.2, 0.25) is 5.91 Å². The second kappa shape index (κ2) is 6.96. The molecule has 4 rings (SSSR count). The molecule has 2 heterocycles. The molecule has 1 aromatic heterocycles. The highest BCUT2D eigenvalue weighted by molar-refractivity contribution is 6.06. The lowest BCUT2D eigenvalue weighted by molar-refractivity contribution is -0.116. The minimum Gasteiger partial charge on any atom is -0.319 e. The van der Waals surface area contributed by atoms with Crippen LogP contribution in [0, 0.1) is 13.8 Å². The fourth-order valence-electron chi connectivity index (χ4n) is 3.70. The number of fused-ring (bicyclic) bond motifs is 1. The second-order valence-electron chi connectivity index (χ2n) is 7.01. The van der Waals surface area contributed by atoms with Crippen LogP contribution in [0.1, 0.15) is 34.2 Å². The van der Waals surface area contributed by atoms with Crippen molar-refractivity contribution < 1.29 is 9.59 Å². The van der Waals surface area contributed by atoms with Crippen LogP contribution in [0.2, 0.25) is 0 Å². The molecule has 0 saturated heterocycles. The summed E-state index contributed by atoms with van der Waals surface area (Å²) in [6.07, 6.45) is 0.764. The van der Waals surface area contributed by atoms with E-state index in [0.29, 0.717) is 12.1 Å². The molecule has 2 amide bonds. The molecule has 0 spiro atoms. The van der Waals surface area contributed by atoms with Crippen molar-refractivity contribution in [3.63, 3.8) is 0 Å². The number of para-hydroxylation sites is 1. The van der Waals surface area contributed by atoms with E-state index in [0.717, 1.165) is 40.4 Å². The average molecular weight is 374 g/mol. The van der Waals surface area contributed by atoms with E-state index in [2.05, 4.69) is 10.4 Å². The van der Waals surface area contributed by atoms with Crippen LogP contribution in [-0.2, 0) is 11.2 Å². The van der Waals surface area contributed by atoms with E-state index in [-0.39, 0.29) is 11.8 Å². The van der Waals surface area contributed by atoms with E-state index in [4.69, 9.17) is 0 Å². The van der Waals surface area contributed by atoms with E-state index in [1.807, 2.05) is 61.0 Å². The molecule has 3 aromatic rings. The molecule has 0 atom stereocenters. The predicted octanol–water partition coefficient (Wildman–Crippen LogP) is 3.65. The van der Waals surface area contributed by atoms with Crippen molar-refractivity contribution in [3.05, 3.63) is 71.0 Å². The maximum atomic E-state index is 12.9. The summed E-state index contributed by atoms with van der Waals surface area (Å²) in [5.41, 5.74) is 5.81. The zero-order valence-corrected chi connectivity index (χ0v) is 16.2. The van der Waals surface area contributed by atoms with Gasteiger partial charge in [0.15, 0.2) is 0 Å². The first kappa shape index (κ1) is 18.0. The number of amides is 2. The standard InChI is InChI=1S/C22H22N4O2/c1-14-21(15(2)26(24-14)19-7-5-4-6-8-19)23-22(28)18-9-10-20-17(13-18)11-12-25(20)16(3)27/h4-10,13H,11-12H2,1-3H3,(H,23,28). The maximum Gasteiger partial charge on any atom is 0.255 e. The van der Waals surface area contributed by atoms with Gasteiger partial charge >= 0.3 is 0 Å². The Kier molecular flexibility index (Phi) is 4.47. The minimum atomic E-state index is -0.178. The Bertz CT molecular complexity index is 1070. The number of rotatable bonds is 3. The van der Waals surface area contributed by atoms with Gasteiger partial charge in [0, 0.05) is 24.7 Å². The van der Waals surface area contributed by atoms with Gasteiger partial charge in [-0.2, -0.15) is 5.10 Å². The van der Waals surface area contributed by atoms with Crippen LogP contribution in [0.3, 0.4) is 0 Å². The summed E-state index contributed by atoms with van der Waals surface area (Å²) in [6, 6.07) is 15.3. The van der Waals surface area contributed by atoms with E-state index < -0.39 is 0 Å². The SMILES string of the molecule is CC(=O)N1CCc2cc(C(=O)Nc3c(C)nn(-c4ccccc4)c3C)ccc21. The molecule has 6 heteroatoms. The summed E-state index contributed by atoms with van der Waals surface area (Å²) in [7, 11) is 0. The van der Waals surface area contributed by atoms with Crippen LogP contribution in [0.15, 0.2) is 48.5 Å². The molecular formula is C22H22N4O2. The molecule has 1 N–H and O–H groups in total. The molecule has 142 valence electrons. The molecular weight excluding hydrogens is 352 g/mol. The van der Waals surface area contributed by atoms with Gasteiger partial charge in [-0.05, 0) is 56.2 Å². The van der Waals surface area contributed by atoms with Gasteiger partial charge in [0.05, 0.1) is 22.8 Å². The van der Waals surface area contributed by atoms with Crippen LogP contribution < -0.4 is 10.2 Å². The summed E-state index contributed by atoms with van der Waals surface area (Å²) in [4.78, 5) is 26.3. The van der Waals surface area contributed by atoms with Gasteiger partial charge in [0.25, 0.3) is 5.91 Å². The Balaban J connectivity index is 1.60. The Hall–Kier alpha value is -3.41. The molecule has 0 saturated carbocycles. The lowest BCUT2D eigenvalue weighted by atomic mass is 10.1. The molecule has 0 radical (unpaired) electrons. The number of carbonyl (C=O) groups is 2. The normalized spacial score (nSPS) is 12.8. The molecule has 0 unspecified atom stereocenters. The van der Waals surface area contributed by atoms with Gasteiger partial charge in [-0.15, -0.1) is 0 Å². The molecule has 0 aliphatic carbocycles. The van der Waals surface area contributed by atoms with Crippen LogP contribution >= 0.6 is 0 Å². The summed E-state index contributed by atoms with van der Waals surface area (Å²) >= 11 is 0. The highest BCUT2D eigenvalue weighted by Crippen LogP contribution is 2.30. The first-order valence-corrected chi connectivity index (χ1v) is 9.29. The van der Waals surface area contributed by atoms with E-state index in [9.17, 15) is 9.59 Å². The maximum absolute atomic E-state index is 12.9. The molecule has 0 fully saturated rings. The van der Waals surface area contributed by atoms with Crippen LogP contribution in [0.5, 0.6) is 0 Å². The van der Waals surface area contributed by atoms with E-state index in [1.54, 1.807) is 17.9 Å². The number of hydrogen-bond acceptors (Lipinski definition) is 3. The highest BCUT2D eigenvalue weighted by Gasteiger charge is 2.23. The second-order valence-corrected chi connectivity index (χ2v) is 7.01. The molecule has 1 aliphatic rings. The van der Waals surface area contributed by atoms with Gasteiger partial charge in [0.1, 0.15) is 0 Å². The number of carbonyl (C=O) groups excluding carboxylic acids is 2. The van der Waals surface area contributed by atoms with E-state index >= 15 is 0 Å². The lowest BCUT2D eigenvalue weighted by Gasteiger charge is -2.14. The number of hydrogen-bond donors (Lipinski definition) is 1. The summed E-state index contributed by atoms with van der Waals surface area (Å²) in [6.45, 7) is 6.05. The van der Waals surface area contributed by atoms with Gasteiger partial charge in [-0.25, -0.2) is 4.68 Å². The first-order chi connectivity index (χ1) is 13.5.